The third-order valence-electron chi connectivity index (χ3n) is 5.06. The Bertz CT molecular complexity index is 786. The Balaban J connectivity index is 1.91. The van der Waals surface area contributed by atoms with Crippen molar-refractivity contribution in [1.82, 2.24) is 9.80 Å². The van der Waals surface area contributed by atoms with Gasteiger partial charge in [0.05, 0.1) is 6.54 Å². The SMILES string of the molecule is Cc1cccc(CN2C(=O)CN(C)C(=O)[C@@H]2Cc2ccccc2)c1C. The second-order valence-corrected chi connectivity index (χ2v) is 6.78. The summed E-state index contributed by atoms with van der Waals surface area (Å²) in [6, 6.07) is 15.5. The summed E-state index contributed by atoms with van der Waals surface area (Å²) >= 11 is 0. The van der Waals surface area contributed by atoms with Gasteiger partial charge in [0.15, 0.2) is 0 Å². The fourth-order valence-corrected chi connectivity index (χ4v) is 3.33. The van der Waals surface area contributed by atoms with E-state index in [9.17, 15) is 9.59 Å². The Hall–Kier alpha value is -2.62. The molecule has 1 aliphatic heterocycles. The number of nitrogens with zero attached hydrogens (tertiary/aromatic N) is 2. The molecule has 3 rings (SSSR count). The molecule has 0 aromatic heterocycles. The molecule has 2 aromatic carbocycles. The first-order valence-corrected chi connectivity index (χ1v) is 8.61. The van der Waals surface area contributed by atoms with Gasteiger partial charge in [-0.1, -0.05) is 48.5 Å². The lowest BCUT2D eigenvalue weighted by Crippen LogP contribution is -2.59. The van der Waals surface area contributed by atoms with E-state index >= 15 is 0 Å². The van der Waals surface area contributed by atoms with Crippen molar-refractivity contribution in [1.29, 1.82) is 0 Å². The molecule has 0 saturated carbocycles. The molecule has 0 aliphatic carbocycles. The van der Waals surface area contributed by atoms with Crippen molar-refractivity contribution in [3.05, 3.63) is 70.8 Å². The molecule has 1 heterocycles. The van der Waals surface area contributed by atoms with Crippen molar-refractivity contribution in [3.8, 4) is 0 Å². The number of hydrogen-bond acceptors (Lipinski definition) is 2. The van der Waals surface area contributed by atoms with E-state index < -0.39 is 6.04 Å². The van der Waals surface area contributed by atoms with Crippen molar-refractivity contribution in [2.45, 2.75) is 32.9 Å². The van der Waals surface area contributed by atoms with Crippen molar-refractivity contribution < 1.29 is 9.59 Å². The normalized spacial score (nSPS) is 18.0. The third kappa shape index (κ3) is 3.58. The van der Waals surface area contributed by atoms with Gasteiger partial charge in [-0.25, -0.2) is 0 Å². The first-order valence-electron chi connectivity index (χ1n) is 8.61. The Morgan fingerprint density at radius 3 is 2.44 bits per heavy atom. The average molecular weight is 336 g/mol. The van der Waals surface area contributed by atoms with Crippen LogP contribution in [0.4, 0.5) is 0 Å². The maximum absolute atomic E-state index is 12.8. The maximum atomic E-state index is 12.8. The number of likely N-dealkylation sites (N-methyl/N-ethyl adjacent to an activating group) is 1. The summed E-state index contributed by atoms with van der Waals surface area (Å²) in [5.41, 5.74) is 4.55. The van der Waals surface area contributed by atoms with Crippen LogP contribution in [0.5, 0.6) is 0 Å². The molecular formula is C21H24N2O2. The lowest BCUT2D eigenvalue weighted by atomic mass is 9.98. The summed E-state index contributed by atoms with van der Waals surface area (Å²) in [5.74, 6) is 0.0118. The molecule has 1 atom stereocenters. The van der Waals surface area contributed by atoms with E-state index in [1.165, 1.54) is 16.0 Å². The van der Waals surface area contributed by atoms with Crippen molar-refractivity contribution in [2.75, 3.05) is 13.6 Å². The predicted molar refractivity (Wildman–Crippen MR) is 98.0 cm³/mol. The highest BCUT2D eigenvalue weighted by molar-refractivity contribution is 5.94. The van der Waals surface area contributed by atoms with E-state index in [0.717, 1.165) is 11.1 Å². The lowest BCUT2D eigenvalue weighted by molar-refractivity contribution is -0.155. The highest BCUT2D eigenvalue weighted by Gasteiger charge is 2.37. The number of carbonyl (C=O) groups excluding carboxylic acids is 2. The Kier molecular flexibility index (Phi) is 4.88. The summed E-state index contributed by atoms with van der Waals surface area (Å²) in [4.78, 5) is 28.7. The minimum Gasteiger partial charge on any atom is -0.335 e. The molecule has 0 radical (unpaired) electrons. The van der Waals surface area contributed by atoms with Crippen LogP contribution in [-0.2, 0) is 22.6 Å². The summed E-state index contributed by atoms with van der Waals surface area (Å²) in [7, 11) is 1.70. The molecule has 130 valence electrons. The summed E-state index contributed by atoms with van der Waals surface area (Å²) in [6.45, 7) is 4.76. The molecule has 25 heavy (non-hydrogen) atoms. The number of aryl methyl sites for hydroxylation is 1. The van der Waals surface area contributed by atoms with Gasteiger partial charge in [-0.2, -0.15) is 0 Å². The molecule has 1 aliphatic rings. The monoisotopic (exact) mass is 336 g/mol. The van der Waals surface area contributed by atoms with Gasteiger partial charge in [-0.15, -0.1) is 0 Å². The molecule has 4 nitrogen and oxygen atoms in total. The zero-order valence-corrected chi connectivity index (χ0v) is 15.0. The third-order valence-corrected chi connectivity index (χ3v) is 5.06. The van der Waals surface area contributed by atoms with Gasteiger partial charge in [0.25, 0.3) is 0 Å². The minimum absolute atomic E-state index is 0.00365. The largest absolute Gasteiger partial charge is 0.335 e. The quantitative estimate of drug-likeness (QED) is 0.861. The van der Waals surface area contributed by atoms with Crippen LogP contribution >= 0.6 is 0 Å². The van der Waals surface area contributed by atoms with Crippen LogP contribution < -0.4 is 0 Å². The van der Waals surface area contributed by atoms with Gasteiger partial charge < -0.3 is 9.80 Å². The second-order valence-electron chi connectivity index (χ2n) is 6.78. The molecule has 0 spiro atoms. The predicted octanol–water partition coefficient (Wildman–Crippen LogP) is 2.72. The van der Waals surface area contributed by atoms with E-state index in [4.69, 9.17) is 0 Å². The summed E-state index contributed by atoms with van der Waals surface area (Å²) in [6.07, 6.45) is 0.542. The van der Waals surface area contributed by atoms with Crippen LogP contribution in [0.2, 0.25) is 0 Å². The van der Waals surface area contributed by atoms with Gasteiger partial charge >= 0.3 is 0 Å². The van der Waals surface area contributed by atoms with E-state index in [1.807, 2.05) is 42.5 Å². The van der Waals surface area contributed by atoms with Crippen LogP contribution in [0.3, 0.4) is 0 Å². The topological polar surface area (TPSA) is 40.6 Å². The van der Waals surface area contributed by atoms with Crippen molar-refractivity contribution in [3.63, 3.8) is 0 Å². The summed E-state index contributed by atoms with van der Waals surface area (Å²) < 4.78 is 0. The van der Waals surface area contributed by atoms with Gasteiger partial charge in [0, 0.05) is 20.0 Å². The zero-order valence-electron chi connectivity index (χ0n) is 15.0. The van der Waals surface area contributed by atoms with Crippen molar-refractivity contribution >= 4 is 11.8 Å². The van der Waals surface area contributed by atoms with Gasteiger partial charge in [0.2, 0.25) is 11.8 Å². The second kappa shape index (κ2) is 7.09. The molecule has 2 aromatic rings. The van der Waals surface area contributed by atoms with E-state index in [1.54, 1.807) is 11.9 Å². The number of piperazine rings is 1. The highest BCUT2D eigenvalue weighted by Crippen LogP contribution is 2.22. The number of carbonyl (C=O) groups is 2. The zero-order chi connectivity index (χ0) is 18.0. The van der Waals surface area contributed by atoms with Gasteiger partial charge in [-0.05, 0) is 36.1 Å². The first-order chi connectivity index (χ1) is 12.0. The molecule has 1 fully saturated rings. The van der Waals surface area contributed by atoms with E-state index in [0.29, 0.717) is 13.0 Å². The minimum atomic E-state index is -0.450. The fourth-order valence-electron chi connectivity index (χ4n) is 3.33. The Morgan fingerprint density at radius 2 is 1.72 bits per heavy atom. The molecule has 0 bridgehead atoms. The van der Waals surface area contributed by atoms with Crippen molar-refractivity contribution in [2.24, 2.45) is 0 Å². The number of rotatable bonds is 4. The standard InChI is InChI=1S/C21H24N2O2/c1-15-8-7-11-18(16(15)2)13-23-19(12-17-9-5-4-6-10-17)21(25)22(3)14-20(23)24/h4-11,19H,12-14H2,1-3H3/t19-/m0/s1. The summed E-state index contributed by atoms with van der Waals surface area (Å²) in [5, 5.41) is 0. The fraction of sp³-hybridized carbons (Fsp3) is 0.333. The first kappa shape index (κ1) is 17.2. The maximum Gasteiger partial charge on any atom is 0.245 e. The van der Waals surface area contributed by atoms with Crippen LogP contribution in [-0.4, -0.2) is 41.2 Å². The Labute approximate surface area is 149 Å². The number of amides is 2. The van der Waals surface area contributed by atoms with Crippen LogP contribution in [0.1, 0.15) is 22.3 Å². The van der Waals surface area contributed by atoms with E-state index in [2.05, 4.69) is 19.9 Å². The lowest BCUT2D eigenvalue weighted by Gasteiger charge is -2.39. The molecular weight excluding hydrogens is 312 g/mol. The van der Waals surface area contributed by atoms with Crippen LogP contribution in [0.25, 0.3) is 0 Å². The number of benzene rings is 2. The molecule has 0 unspecified atom stereocenters. The van der Waals surface area contributed by atoms with E-state index in [-0.39, 0.29) is 18.4 Å². The van der Waals surface area contributed by atoms with Gasteiger partial charge in [-0.3, -0.25) is 9.59 Å². The molecule has 4 heteroatoms. The Morgan fingerprint density at radius 1 is 1.00 bits per heavy atom. The van der Waals surface area contributed by atoms with Crippen LogP contribution in [0.15, 0.2) is 48.5 Å². The smallest absolute Gasteiger partial charge is 0.245 e. The highest BCUT2D eigenvalue weighted by atomic mass is 16.2. The molecule has 0 N–H and O–H groups in total. The average Bonchev–Trinajstić information content (AvgIpc) is 2.60. The number of hydrogen-bond donors (Lipinski definition) is 0. The molecule has 1 saturated heterocycles. The molecule has 2 amide bonds. The van der Waals surface area contributed by atoms with Crippen LogP contribution in [0, 0.1) is 13.8 Å². The van der Waals surface area contributed by atoms with Gasteiger partial charge in [0.1, 0.15) is 6.04 Å².